The number of nitrogens with zero attached hydrogens (tertiary/aromatic N) is 1. The molecule has 0 fully saturated rings. The Morgan fingerprint density at radius 2 is 1.78 bits per heavy atom. The molecule has 1 aromatic rings. The van der Waals surface area contributed by atoms with Crippen molar-refractivity contribution in [1.29, 1.82) is 0 Å². The van der Waals surface area contributed by atoms with Crippen LogP contribution >= 0.6 is 35.4 Å². The van der Waals surface area contributed by atoms with Crippen LogP contribution in [0.2, 0.25) is 10.0 Å². The smallest absolute Gasteiger partial charge is 0.178 e. The number of benzene rings is 1. The molecule has 0 radical (unpaired) electrons. The zero-order valence-electron chi connectivity index (χ0n) is 10.4. The van der Waals surface area contributed by atoms with Crippen LogP contribution in [0.25, 0.3) is 0 Å². The molecule has 0 aromatic heterocycles. The summed E-state index contributed by atoms with van der Waals surface area (Å²) in [4.78, 5) is 1.87. The summed E-state index contributed by atoms with van der Waals surface area (Å²) in [5, 5.41) is 5.02. The second-order valence-corrected chi connectivity index (χ2v) is 6.04. The lowest BCUT2D eigenvalue weighted by atomic mass is 10.0. The average molecular weight is 301 g/mol. The highest BCUT2D eigenvalue weighted by atomic mass is 35.5. The summed E-state index contributed by atoms with van der Waals surface area (Å²) < 4.78 is 0. The first kappa shape index (κ1) is 13.7. The Hall–Kier alpha value is -0.770. The Kier molecular flexibility index (Phi) is 3.58. The van der Waals surface area contributed by atoms with Crippen molar-refractivity contribution in [3.63, 3.8) is 0 Å². The van der Waals surface area contributed by atoms with E-state index in [2.05, 4.69) is 25.2 Å². The lowest BCUT2D eigenvalue weighted by molar-refractivity contribution is 0.560. The van der Waals surface area contributed by atoms with E-state index < -0.39 is 0 Å². The molecular formula is C13H14Cl2N2S. The Balaban J connectivity index is 2.55. The zero-order valence-corrected chi connectivity index (χ0v) is 12.7. The highest BCUT2D eigenvalue weighted by molar-refractivity contribution is 7.80. The fourth-order valence-electron chi connectivity index (χ4n) is 2.10. The lowest BCUT2D eigenvalue weighted by Gasteiger charge is -2.38. The van der Waals surface area contributed by atoms with Crippen molar-refractivity contribution >= 4 is 46.2 Å². The fourth-order valence-corrected chi connectivity index (χ4v) is 3.16. The summed E-state index contributed by atoms with van der Waals surface area (Å²) in [6.07, 6.45) is 2.10. The van der Waals surface area contributed by atoms with Crippen LogP contribution < -0.4 is 10.2 Å². The number of rotatable bonds is 1. The van der Waals surface area contributed by atoms with Gasteiger partial charge in [-0.2, -0.15) is 0 Å². The van der Waals surface area contributed by atoms with Crippen molar-refractivity contribution in [2.45, 2.75) is 26.3 Å². The van der Waals surface area contributed by atoms with E-state index >= 15 is 0 Å². The van der Waals surface area contributed by atoms with Gasteiger partial charge in [0.15, 0.2) is 5.11 Å². The number of nitrogens with one attached hydrogen (secondary N) is 1. The van der Waals surface area contributed by atoms with Crippen molar-refractivity contribution < 1.29 is 0 Å². The second kappa shape index (κ2) is 4.72. The molecule has 0 saturated carbocycles. The third-order valence-electron chi connectivity index (χ3n) is 2.72. The first-order valence-corrected chi connectivity index (χ1v) is 6.74. The van der Waals surface area contributed by atoms with Gasteiger partial charge in [-0.15, -0.1) is 0 Å². The van der Waals surface area contributed by atoms with E-state index in [-0.39, 0.29) is 5.54 Å². The highest BCUT2D eigenvalue weighted by Crippen LogP contribution is 2.37. The van der Waals surface area contributed by atoms with Gasteiger partial charge in [-0.3, -0.25) is 4.90 Å². The minimum Gasteiger partial charge on any atom is -0.354 e. The summed E-state index contributed by atoms with van der Waals surface area (Å²) in [5.41, 5.74) is 1.58. The predicted molar refractivity (Wildman–Crippen MR) is 82.5 cm³/mol. The van der Waals surface area contributed by atoms with Crippen molar-refractivity contribution in [1.82, 2.24) is 5.32 Å². The molecule has 0 saturated heterocycles. The molecule has 2 rings (SSSR count). The maximum atomic E-state index is 6.22. The number of para-hydroxylation sites is 1. The molecule has 0 amide bonds. The van der Waals surface area contributed by atoms with E-state index in [0.29, 0.717) is 15.2 Å². The Morgan fingerprint density at radius 3 is 2.28 bits per heavy atom. The van der Waals surface area contributed by atoms with Gasteiger partial charge in [0.2, 0.25) is 0 Å². The number of allylic oxidation sites excluding steroid dienone is 1. The van der Waals surface area contributed by atoms with Crippen molar-refractivity contribution in [2.75, 3.05) is 4.90 Å². The summed E-state index contributed by atoms with van der Waals surface area (Å²) in [6, 6.07) is 5.42. The first-order chi connectivity index (χ1) is 8.32. The van der Waals surface area contributed by atoms with Crippen molar-refractivity contribution in [3.05, 3.63) is 40.0 Å². The predicted octanol–water partition coefficient (Wildman–Crippen LogP) is 4.37. The second-order valence-electron chi connectivity index (χ2n) is 4.84. The average Bonchev–Trinajstić information content (AvgIpc) is 2.19. The molecule has 1 aliphatic rings. The van der Waals surface area contributed by atoms with E-state index in [1.54, 1.807) is 12.1 Å². The zero-order chi connectivity index (χ0) is 13.5. The van der Waals surface area contributed by atoms with Gasteiger partial charge in [-0.05, 0) is 51.2 Å². The number of hydrogen-bond acceptors (Lipinski definition) is 1. The topological polar surface area (TPSA) is 15.3 Å². The molecule has 0 unspecified atom stereocenters. The first-order valence-electron chi connectivity index (χ1n) is 5.57. The maximum absolute atomic E-state index is 6.22. The number of anilines is 1. The largest absolute Gasteiger partial charge is 0.354 e. The van der Waals surface area contributed by atoms with E-state index in [4.69, 9.17) is 35.4 Å². The molecule has 2 nitrogen and oxygen atoms in total. The summed E-state index contributed by atoms with van der Waals surface area (Å²) >= 11 is 17.9. The molecule has 1 aliphatic heterocycles. The van der Waals surface area contributed by atoms with E-state index in [9.17, 15) is 0 Å². The van der Waals surface area contributed by atoms with Crippen LogP contribution in [-0.4, -0.2) is 10.7 Å². The van der Waals surface area contributed by atoms with Crippen LogP contribution in [0.3, 0.4) is 0 Å². The molecule has 1 N–H and O–H groups in total. The van der Waals surface area contributed by atoms with Gasteiger partial charge in [0.05, 0.1) is 21.3 Å². The van der Waals surface area contributed by atoms with Crippen molar-refractivity contribution in [2.24, 2.45) is 0 Å². The number of thiocarbonyl (C=S) groups is 1. The Labute approximate surface area is 123 Å². The standard InChI is InChI=1S/C13H14Cl2N2S/c1-8-7-13(2,3)16-12(18)17(8)11-9(14)5-4-6-10(11)15/h4-7H,1-3H3,(H,16,18). The third-order valence-corrected chi connectivity index (χ3v) is 3.61. The van der Waals surface area contributed by atoms with Crippen LogP contribution in [0.1, 0.15) is 20.8 Å². The van der Waals surface area contributed by atoms with Crippen LogP contribution in [0.4, 0.5) is 5.69 Å². The van der Waals surface area contributed by atoms with E-state index in [1.165, 1.54) is 0 Å². The summed E-state index contributed by atoms with van der Waals surface area (Å²) in [6.45, 7) is 6.12. The summed E-state index contributed by atoms with van der Waals surface area (Å²) in [7, 11) is 0. The normalized spacial score (nSPS) is 18.4. The van der Waals surface area contributed by atoms with Crippen LogP contribution in [0.5, 0.6) is 0 Å². The number of halogens is 2. The molecule has 1 heterocycles. The number of hydrogen-bond donors (Lipinski definition) is 1. The molecule has 0 aliphatic carbocycles. The molecule has 0 atom stereocenters. The molecule has 1 aromatic carbocycles. The van der Waals surface area contributed by atoms with Crippen LogP contribution in [0, 0.1) is 0 Å². The monoisotopic (exact) mass is 300 g/mol. The molecule has 5 heteroatoms. The SMILES string of the molecule is CC1=CC(C)(C)NC(=S)N1c1c(Cl)cccc1Cl. The van der Waals surface area contributed by atoms with Gasteiger partial charge in [-0.1, -0.05) is 29.3 Å². The van der Waals surface area contributed by atoms with Gasteiger partial charge in [0, 0.05) is 5.70 Å². The minimum absolute atomic E-state index is 0.161. The van der Waals surface area contributed by atoms with Gasteiger partial charge < -0.3 is 5.32 Å². The minimum atomic E-state index is -0.161. The Bertz CT molecular complexity index is 518. The Morgan fingerprint density at radius 1 is 1.22 bits per heavy atom. The lowest BCUT2D eigenvalue weighted by Crippen LogP contribution is -2.53. The molecule has 0 spiro atoms. The van der Waals surface area contributed by atoms with Gasteiger partial charge in [0.1, 0.15) is 0 Å². The van der Waals surface area contributed by atoms with E-state index in [0.717, 1.165) is 11.4 Å². The molecular weight excluding hydrogens is 287 g/mol. The van der Waals surface area contributed by atoms with Gasteiger partial charge >= 0.3 is 0 Å². The fraction of sp³-hybridized carbons (Fsp3) is 0.308. The highest BCUT2D eigenvalue weighted by Gasteiger charge is 2.29. The van der Waals surface area contributed by atoms with Crippen molar-refractivity contribution in [3.8, 4) is 0 Å². The molecule has 96 valence electrons. The molecule has 0 bridgehead atoms. The van der Waals surface area contributed by atoms with Gasteiger partial charge in [-0.25, -0.2) is 0 Å². The summed E-state index contributed by atoms with van der Waals surface area (Å²) in [5.74, 6) is 0. The van der Waals surface area contributed by atoms with Crippen LogP contribution in [-0.2, 0) is 0 Å². The quantitative estimate of drug-likeness (QED) is 0.775. The molecule has 18 heavy (non-hydrogen) atoms. The third kappa shape index (κ3) is 2.48. The maximum Gasteiger partial charge on any atom is 0.178 e. The van der Waals surface area contributed by atoms with E-state index in [1.807, 2.05) is 17.9 Å². The van der Waals surface area contributed by atoms with Gasteiger partial charge in [0.25, 0.3) is 0 Å². The van der Waals surface area contributed by atoms with Crippen LogP contribution in [0.15, 0.2) is 30.0 Å².